The Bertz CT molecular complexity index is 681. The maximum absolute atomic E-state index is 12.1. The molecule has 0 aromatic heterocycles. The molecule has 0 aliphatic heterocycles. The van der Waals surface area contributed by atoms with Crippen LogP contribution in [0.3, 0.4) is 0 Å². The molecule has 0 heterocycles. The maximum atomic E-state index is 12.1. The number of anilines is 2. The average Bonchev–Trinajstić information content (AvgIpc) is 2.81. The van der Waals surface area contributed by atoms with E-state index in [-0.39, 0.29) is 12.1 Å². The van der Waals surface area contributed by atoms with E-state index in [1.807, 2.05) is 49.4 Å². The first-order valence-electron chi connectivity index (χ1n) is 7.14. The number of carbonyl (C=O) groups excluding carboxylic acids is 1. The summed E-state index contributed by atoms with van der Waals surface area (Å²) in [6.07, 6.45) is 1.87. The summed E-state index contributed by atoms with van der Waals surface area (Å²) in [4.78, 5) is 12.1. The highest BCUT2D eigenvalue weighted by Crippen LogP contribution is 2.32. The van der Waals surface area contributed by atoms with Crippen molar-refractivity contribution in [1.29, 1.82) is 0 Å². The molecule has 0 fully saturated rings. The Balaban J connectivity index is 1.67. The van der Waals surface area contributed by atoms with Gasteiger partial charge in [-0.3, -0.25) is 0 Å². The van der Waals surface area contributed by atoms with Crippen LogP contribution in [0.4, 0.5) is 16.2 Å². The number of nitrogens with two attached hydrogens (primary N) is 1. The second kappa shape index (κ2) is 5.48. The van der Waals surface area contributed by atoms with Gasteiger partial charge in [0.2, 0.25) is 0 Å². The van der Waals surface area contributed by atoms with Crippen LogP contribution in [0.5, 0.6) is 0 Å². The fraction of sp³-hybridized carbons (Fsp3) is 0.235. The van der Waals surface area contributed by atoms with Gasteiger partial charge < -0.3 is 16.4 Å². The van der Waals surface area contributed by atoms with E-state index in [2.05, 4.69) is 10.6 Å². The molecule has 0 radical (unpaired) electrons. The van der Waals surface area contributed by atoms with Crippen LogP contribution in [0.25, 0.3) is 0 Å². The minimum Gasteiger partial charge on any atom is -0.399 e. The van der Waals surface area contributed by atoms with E-state index in [9.17, 15) is 4.79 Å². The Morgan fingerprint density at radius 2 is 2.10 bits per heavy atom. The normalized spacial score (nSPS) is 16.3. The SMILES string of the molecule is Cc1cccc(NC(=O)NC2CCc3cc(N)ccc32)c1. The highest BCUT2D eigenvalue weighted by Gasteiger charge is 2.23. The predicted molar refractivity (Wildman–Crippen MR) is 85.2 cm³/mol. The number of amides is 2. The number of nitrogen functional groups attached to an aromatic ring is 1. The molecule has 0 bridgehead atoms. The Kier molecular flexibility index (Phi) is 3.52. The molecule has 2 aromatic carbocycles. The molecule has 108 valence electrons. The minimum atomic E-state index is -0.171. The molecule has 1 unspecified atom stereocenters. The molecule has 0 saturated carbocycles. The number of aryl methyl sites for hydroxylation is 2. The fourth-order valence-electron chi connectivity index (χ4n) is 2.84. The van der Waals surface area contributed by atoms with Crippen molar-refractivity contribution in [3.63, 3.8) is 0 Å². The summed E-state index contributed by atoms with van der Waals surface area (Å²) in [5, 5.41) is 5.91. The smallest absolute Gasteiger partial charge is 0.319 e. The Hall–Kier alpha value is -2.49. The van der Waals surface area contributed by atoms with Crippen LogP contribution in [0.15, 0.2) is 42.5 Å². The number of carbonyl (C=O) groups is 1. The van der Waals surface area contributed by atoms with Crippen molar-refractivity contribution in [1.82, 2.24) is 5.32 Å². The van der Waals surface area contributed by atoms with Gasteiger partial charge >= 0.3 is 6.03 Å². The predicted octanol–water partition coefficient (Wildman–Crippen LogP) is 3.39. The number of hydrogen-bond donors (Lipinski definition) is 3. The number of hydrogen-bond acceptors (Lipinski definition) is 2. The van der Waals surface area contributed by atoms with E-state index < -0.39 is 0 Å². The molecule has 1 aliphatic rings. The Morgan fingerprint density at radius 1 is 1.24 bits per heavy atom. The summed E-state index contributed by atoms with van der Waals surface area (Å²) in [5.41, 5.74) is 10.9. The summed E-state index contributed by atoms with van der Waals surface area (Å²) >= 11 is 0. The van der Waals surface area contributed by atoms with Crippen molar-refractivity contribution in [2.45, 2.75) is 25.8 Å². The molecule has 0 saturated heterocycles. The van der Waals surface area contributed by atoms with Crippen LogP contribution in [-0.2, 0) is 6.42 Å². The molecule has 4 heteroatoms. The zero-order valence-electron chi connectivity index (χ0n) is 12.0. The van der Waals surface area contributed by atoms with Crippen molar-refractivity contribution in [3.05, 3.63) is 59.2 Å². The number of nitrogens with one attached hydrogen (secondary N) is 2. The van der Waals surface area contributed by atoms with Crippen molar-refractivity contribution in [2.75, 3.05) is 11.1 Å². The van der Waals surface area contributed by atoms with E-state index in [0.29, 0.717) is 0 Å². The van der Waals surface area contributed by atoms with Crippen LogP contribution < -0.4 is 16.4 Å². The topological polar surface area (TPSA) is 67.2 Å². The van der Waals surface area contributed by atoms with Crippen LogP contribution >= 0.6 is 0 Å². The number of benzene rings is 2. The van der Waals surface area contributed by atoms with Gasteiger partial charge in [-0.05, 0) is 60.7 Å². The summed E-state index contributed by atoms with van der Waals surface area (Å²) in [6.45, 7) is 2.00. The van der Waals surface area contributed by atoms with E-state index >= 15 is 0 Å². The second-order valence-corrected chi connectivity index (χ2v) is 5.52. The zero-order chi connectivity index (χ0) is 14.8. The van der Waals surface area contributed by atoms with Gasteiger partial charge in [0.05, 0.1) is 6.04 Å². The molecule has 21 heavy (non-hydrogen) atoms. The van der Waals surface area contributed by atoms with Crippen LogP contribution in [-0.4, -0.2) is 6.03 Å². The monoisotopic (exact) mass is 281 g/mol. The van der Waals surface area contributed by atoms with E-state index in [1.165, 1.54) is 11.1 Å². The number of rotatable bonds is 2. The highest BCUT2D eigenvalue weighted by atomic mass is 16.2. The minimum absolute atomic E-state index is 0.0606. The summed E-state index contributed by atoms with van der Waals surface area (Å²) < 4.78 is 0. The Labute approximate surface area is 124 Å². The lowest BCUT2D eigenvalue weighted by molar-refractivity contribution is 0.248. The van der Waals surface area contributed by atoms with Gasteiger partial charge in [-0.15, -0.1) is 0 Å². The summed E-state index contributed by atoms with van der Waals surface area (Å²) in [7, 11) is 0. The van der Waals surface area contributed by atoms with Crippen LogP contribution in [0.2, 0.25) is 0 Å². The van der Waals surface area contributed by atoms with Gasteiger partial charge in [-0.2, -0.15) is 0 Å². The lowest BCUT2D eigenvalue weighted by Crippen LogP contribution is -2.31. The molecule has 4 nitrogen and oxygen atoms in total. The third-order valence-corrected chi connectivity index (χ3v) is 3.83. The van der Waals surface area contributed by atoms with Crippen molar-refractivity contribution in [2.24, 2.45) is 0 Å². The lowest BCUT2D eigenvalue weighted by atomic mass is 10.1. The third-order valence-electron chi connectivity index (χ3n) is 3.83. The second-order valence-electron chi connectivity index (χ2n) is 5.52. The lowest BCUT2D eigenvalue weighted by Gasteiger charge is -2.15. The van der Waals surface area contributed by atoms with Crippen LogP contribution in [0, 0.1) is 6.92 Å². The number of urea groups is 1. The first-order valence-corrected chi connectivity index (χ1v) is 7.14. The quantitative estimate of drug-likeness (QED) is 0.739. The molecular weight excluding hydrogens is 262 g/mol. The zero-order valence-corrected chi connectivity index (χ0v) is 12.0. The Morgan fingerprint density at radius 3 is 2.90 bits per heavy atom. The molecule has 1 aliphatic carbocycles. The average molecular weight is 281 g/mol. The van der Waals surface area contributed by atoms with E-state index in [1.54, 1.807) is 0 Å². The van der Waals surface area contributed by atoms with Gasteiger partial charge in [-0.1, -0.05) is 18.2 Å². The number of fused-ring (bicyclic) bond motifs is 1. The molecule has 2 aromatic rings. The van der Waals surface area contributed by atoms with Gasteiger partial charge in [0.1, 0.15) is 0 Å². The summed E-state index contributed by atoms with van der Waals surface area (Å²) in [5.74, 6) is 0. The molecular formula is C17H19N3O. The van der Waals surface area contributed by atoms with Gasteiger partial charge in [-0.25, -0.2) is 4.79 Å². The van der Waals surface area contributed by atoms with Gasteiger partial charge in [0.15, 0.2) is 0 Å². The van der Waals surface area contributed by atoms with Crippen molar-refractivity contribution >= 4 is 17.4 Å². The summed E-state index contributed by atoms with van der Waals surface area (Å²) in [6, 6.07) is 13.5. The first-order chi connectivity index (χ1) is 10.1. The maximum Gasteiger partial charge on any atom is 0.319 e. The van der Waals surface area contributed by atoms with E-state index in [4.69, 9.17) is 5.73 Å². The third kappa shape index (κ3) is 2.99. The van der Waals surface area contributed by atoms with Crippen molar-refractivity contribution < 1.29 is 4.79 Å². The van der Waals surface area contributed by atoms with Gasteiger partial charge in [0.25, 0.3) is 0 Å². The molecule has 0 spiro atoms. The molecule has 4 N–H and O–H groups in total. The molecule has 3 rings (SSSR count). The fourth-order valence-corrected chi connectivity index (χ4v) is 2.84. The standard InChI is InChI=1S/C17H19N3O/c1-11-3-2-4-14(9-11)19-17(21)20-16-8-5-12-10-13(18)6-7-15(12)16/h2-4,6-7,9-10,16H,5,8,18H2,1H3,(H2,19,20,21). The largest absolute Gasteiger partial charge is 0.399 e. The first kappa shape index (κ1) is 13.5. The molecule has 2 amide bonds. The van der Waals surface area contributed by atoms with Crippen LogP contribution in [0.1, 0.15) is 29.2 Å². The van der Waals surface area contributed by atoms with Gasteiger partial charge in [0, 0.05) is 11.4 Å². The highest BCUT2D eigenvalue weighted by molar-refractivity contribution is 5.89. The van der Waals surface area contributed by atoms with E-state index in [0.717, 1.165) is 29.8 Å². The van der Waals surface area contributed by atoms with Crippen molar-refractivity contribution in [3.8, 4) is 0 Å². The molecule has 1 atom stereocenters.